The largest absolute Gasteiger partial charge is 0.384 e. The van der Waals surface area contributed by atoms with E-state index in [4.69, 9.17) is 17.3 Å². The quantitative estimate of drug-likeness (QED) is 0.808. The van der Waals surface area contributed by atoms with Crippen LogP contribution in [0.25, 0.3) is 0 Å². The Morgan fingerprint density at radius 1 is 1.36 bits per heavy atom. The van der Waals surface area contributed by atoms with E-state index >= 15 is 0 Å². The summed E-state index contributed by atoms with van der Waals surface area (Å²) < 4.78 is 0. The van der Waals surface area contributed by atoms with Gasteiger partial charge in [0.1, 0.15) is 5.60 Å². The van der Waals surface area contributed by atoms with E-state index in [9.17, 15) is 5.11 Å². The molecule has 3 N–H and O–H groups in total. The van der Waals surface area contributed by atoms with Gasteiger partial charge in [0.15, 0.2) is 0 Å². The zero-order chi connectivity index (χ0) is 10.8. The third kappa shape index (κ3) is 2.08. The third-order valence-corrected chi connectivity index (χ3v) is 2.86. The summed E-state index contributed by atoms with van der Waals surface area (Å²) in [4.78, 5) is 0. The molecule has 0 spiro atoms. The van der Waals surface area contributed by atoms with Crippen molar-refractivity contribution < 1.29 is 5.11 Å². The second-order valence-corrected chi connectivity index (χ2v) is 4.23. The smallest absolute Gasteiger partial charge is 0.104 e. The van der Waals surface area contributed by atoms with Gasteiger partial charge in [-0.2, -0.15) is 0 Å². The van der Waals surface area contributed by atoms with Gasteiger partial charge in [-0.05, 0) is 23.6 Å². The van der Waals surface area contributed by atoms with E-state index in [0.29, 0.717) is 5.02 Å². The topological polar surface area (TPSA) is 46.2 Å². The number of hydrogen-bond acceptors (Lipinski definition) is 2. The lowest BCUT2D eigenvalue weighted by molar-refractivity contribution is -0.00113. The molecule has 0 aromatic heterocycles. The molecule has 0 saturated carbocycles. The van der Waals surface area contributed by atoms with Crippen LogP contribution in [0.1, 0.15) is 19.4 Å². The molecule has 1 aromatic rings. The van der Waals surface area contributed by atoms with Gasteiger partial charge >= 0.3 is 0 Å². The third-order valence-electron chi connectivity index (χ3n) is 2.61. The van der Waals surface area contributed by atoms with Crippen LogP contribution in [0, 0.1) is 5.92 Å². The van der Waals surface area contributed by atoms with Crippen molar-refractivity contribution in [2.45, 2.75) is 19.4 Å². The molecule has 0 aliphatic heterocycles. The Labute approximate surface area is 89.7 Å². The van der Waals surface area contributed by atoms with Gasteiger partial charge in [0.2, 0.25) is 0 Å². The average molecular weight is 214 g/mol. The minimum Gasteiger partial charge on any atom is -0.384 e. The van der Waals surface area contributed by atoms with Gasteiger partial charge in [0, 0.05) is 11.6 Å². The van der Waals surface area contributed by atoms with Crippen LogP contribution in [-0.2, 0) is 5.60 Å². The molecule has 0 aliphatic rings. The fraction of sp³-hybridized carbons (Fsp3) is 0.455. The van der Waals surface area contributed by atoms with Gasteiger partial charge in [-0.1, -0.05) is 37.6 Å². The molecule has 1 aromatic carbocycles. The summed E-state index contributed by atoms with van der Waals surface area (Å²) in [5.74, 6) is 0.0775. The molecule has 78 valence electrons. The van der Waals surface area contributed by atoms with E-state index in [1.54, 1.807) is 12.1 Å². The fourth-order valence-corrected chi connectivity index (χ4v) is 1.55. The molecule has 0 fully saturated rings. The van der Waals surface area contributed by atoms with Crippen molar-refractivity contribution in [3.8, 4) is 0 Å². The first-order valence-electron chi connectivity index (χ1n) is 4.69. The second-order valence-electron chi connectivity index (χ2n) is 3.79. The molecule has 14 heavy (non-hydrogen) atoms. The highest BCUT2D eigenvalue weighted by Gasteiger charge is 2.31. The van der Waals surface area contributed by atoms with Crippen molar-refractivity contribution in [1.82, 2.24) is 0 Å². The first-order valence-corrected chi connectivity index (χ1v) is 5.07. The van der Waals surface area contributed by atoms with Gasteiger partial charge < -0.3 is 10.8 Å². The highest BCUT2D eigenvalue weighted by Crippen LogP contribution is 2.29. The predicted octanol–water partition coefficient (Wildman–Crippen LogP) is 2.14. The Morgan fingerprint density at radius 2 is 1.86 bits per heavy atom. The maximum Gasteiger partial charge on any atom is 0.104 e. The van der Waals surface area contributed by atoms with Crippen molar-refractivity contribution in [2.24, 2.45) is 11.7 Å². The monoisotopic (exact) mass is 213 g/mol. The van der Waals surface area contributed by atoms with Crippen molar-refractivity contribution in [3.05, 3.63) is 34.9 Å². The van der Waals surface area contributed by atoms with E-state index in [1.807, 2.05) is 26.0 Å². The zero-order valence-corrected chi connectivity index (χ0v) is 9.25. The molecule has 2 nitrogen and oxygen atoms in total. The van der Waals surface area contributed by atoms with Crippen LogP contribution in [0.5, 0.6) is 0 Å². The Hall–Kier alpha value is -0.570. The van der Waals surface area contributed by atoms with Gasteiger partial charge in [-0.25, -0.2) is 0 Å². The zero-order valence-electron chi connectivity index (χ0n) is 8.50. The summed E-state index contributed by atoms with van der Waals surface area (Å²) in [6, 6.07) is 7.16. The molecule has 1 atom stereocenters. The van der Waals surface area contributed by atoms with Crippen LogP contribution >= 0.6 is 11.6 Å². The first-order chi connectivity index (χ1) is 6.50. The van der Waals surface area contributed by atoms with Crippen LogP contribution in [-0.4, -0.2) is 11.7 Å². The lowest BCUT2D eigenvalue weighted by Gasteiger charge is -2.31. The molecule has 0 saturated heterocycles. The summed E-state index contributed by atoms with van der Waals surface area (Å²) >= 11 is 5.77. The number of aliphatic hydroxyl groups is 1. The molecule has 0 radical (unpaired) electrons. The number of halogens is 1. The molecule has 0 aliphatic carbocycles. The molecule has 0 heterocycles. The Bertz CT molecular complexity index is 297. The minimum atomic E-state index is -0.954. The lowest BCUT2D eigenvalue weighted by atomic mass is 9.83. The van der Waals surface area contributed by atoms with Gasteiger partial charge in [-0.15, -0.1) is 0 Å². The molecular weight excluding hydrogens is 198 g/mol. The van der Waals surface area contributed by atoms with E-state index in [2.05, 4.69) is 0 Å². The number of rotatable bonds is 3. The van der Waals surface area contributed by atoms with Crippen LogP contribution in [0.4, 0.5) is 0 Å². The van der Waals surface area contributed by atoms with Crippen LogP contribution in [0.2, 0.25) is 5.02 Å². The van der Waals surface area contributed by atoms with E-state index in [0.717, 1.165) is 5.56 Å². The summed E-state index contributed by atoms with van der Waals surface area (Å²) in [6.45, 7) is 4.11. The summed E-state index contributed by atoms with van der Waals surface area (Å²) in [7, 11) is 0. The van der Waals surface area contributed by atoms with Gasteiger partial charge in [0.25, 0.3) is 0 Å². The highest BCUT2D eigenvalue weighted by molar-refractivity contribution is 6.30. The second kappa shape index (κ2) is 4.30. The number of benzene rings is 1. The van der Waals surface area contributed by atoms with Crippen LogP contribution in [0.3, 0.4) is 0 Å². The first kappa shape index (κ1) is 11.5. The van der Waals surface area contributed by atoms with Gasteiger partial charge in [0.05, 0.1) is 0 Å². The molecular formula is C11H16ClNO. The number of hydrogen-bond donors (Lipinski definition) is 2. The molecule has 3 heteroatoms. The van der Waals surface area contributed by atoms with E-state index in [1.165, 1.54) is 0 Å². The predicted molar refractivity (Wildman–Crippen MR) is 59.2 cm³/mol. The van der Waals surface area contributed by atoms with Crippen molar-refractivity contribution >= 4 is 11.6 Å². The van der Waals surface area contributed by atoms with Crippen LogP contribution in [0.15, 0.2) is 24.3 Å². The fourth-order valence-electron chi connectivity index (χ4n) is 1.43. The molecule has 0 amide bonds. The normalized spacial score (nSPS) is 15.6. The Kier molecular flexibility index (Phi) is 3.53. The van der Waals surface area contributed by atoms with Crippen LogP contribution < -0.4 is 5.73 Å². The lowest BCUT2D eigenvalue weighted by Crippen LogP contribution is -2.39. The molecule has 0 bridgehead atoms. The van der Waals surface area contributed by atoms with E-state index < -0.39 is 5.60 Å². The van der Waals surface area contributed by atoms with Crippen molar-refractivity contribution in [1.29, 1.82) is 0 Å². The van der Waals surface area contributed by atoms with Crippen molar-refractivity contribution in [2.75, 3.05) is 6.54 Å². The summed E-state index contributed by atoms with van der Waals surface area (Å²) in [6.07, 6.45) is 0. The molecule has 0 unspecified atom stereocenters. The van der Waals surface area contributed by atoms with Crippen molar-refractivity contribution in [3.63, 3.8) is 0 Å². The Morgan fingerprint density at radius 3 is 2.21 bits per heavy atom. The summed E-state index contributed by atoms with van der Waals surface area (Å²) in [5.41, 5.74) is 5.46. The average Bonchev–Trinajstić information content (AvgIpc) is 2.17. The molecule has 1 rings (SSSR count). The van der Waals surface area contributed by atoms with E-state index in [-0.39, 0.29) is 12.5 Å². The maximum absolute atomic E-state index is 10.3. The summed E-state index contributed by atoms with van der Waals surface area (Å²) in [5, 5.41) is 11.0. The highest BCUT2D eigenvalue weighted by atomic mass is 35.5. The SMILES string of the molecule is CC(C)[C@](O)(CN)c1ccc(Cl)cc1. The standard InChI is InChI=1S/C11H16ClNO/c1-8(2)11(14,7-13)9-3-5-10(12)6-4-9/h3-6,8,14H,7,13H2,1-2H3/t11-/m1/s1. The van der Waals surface area contributed by atoms with Gasteiger partial charge in [-0.3, -0.25) is 0 Å². The Balaban J connectivity index is 3.06. The maximum atomic E-state index is 10.3. The minimum absolute atomic E-state index is 0.0775. The number of nitrogens with two attached hydrogens (primary N) is 1.